The lowest BCUT2D eigenvalue weighted by molar-refractivity contribution is -0.275. The fraction of sp³-hybridized carbons (Fsp3) is 0.222. The van der Waals surface area contributed by atoms with Crippen LogP contribution in [0, 0.1) is 0 Å². The van der Waals surface area contributed by atoms with Gasteiger partial charge in [-0.2, -0.15) is 0 Å². The van der Waals surface area contributed by atoms with Crippen LogP contribution in [-0.2, 0) is 11.3 Å². The lowest BCUT2D eigenvalue weighted by atomic mass is 10.2. The Bertz CT molecular complexity index is 807. The monoisotopic (exact) mass is 382 g/mol. The van der Waals surface area contributed by atoms with E-state index in [4.69, 9.17) is 10.5 Å². The van der Waals surface area contributed by atoms with Crippen LogP contribution in [0.5, 0.6) is 11.5 Å². The molecule has 0 saturated heterocycles. The van der Waals surface area contributed by atoms with Crippen LogP contribution in [0.15, 0.2) is 48.5 Å². The van der Waals surface area contributed by atoms with Crippen molar-refractivity contribution in [3.8, 4) is 11.5 Å². The summed E-state index contributed by atoms with van der Waals surface area (Å²) in [5, 5.41) is 0. The van der Waals surface area contributed by atoms with Gasteiger partial charge >= 0.3 is 6.36 Å². The highest BCUT2D eigenvalue weighted by atomic mass is 19.4. The van der Waals surface area contributed by atoms with Crippen LogP contribution in [0.2, 0.25) is 0 Å². The number of halogens is 3. The quantitative estimate of drug-likeness (QED) is 0.798. The summed E-state index contributed by atoms with van der Waals surface area (Å²) in [5.41, 5.74) is 5.63. The van der Waals surface area contributed by atoms with E-state index in [9.17, 15) is 22.8 Å². The molecule has 9 heteroatoms. The Labute approximate surface area is 153 Å². The van der Waals surface area contributed by atoms with E-state index in [1.54, 1.807) is 6.07 Å². The molecule has 2 aromatic rings. The number of alkyl halides is 3. The topological polar surface area (TPSA) is 81.9 Å². The van der Waals surface area contributed by atoms with Crippen molar-refractivity contribution in [2.24, 2.45) is 5.73 Å². The number of primary amides is 1. The molecular weight excluding hydrogens is 365 g/mol. The lowest BCUT2D eigenvalue weighted by Gasteiger charge is -2.20. The Morgan fingerprint density at radius 3 is 2.30 bits per heavy atom. The van der Waals surface area contributed by atoms with E-state index in [2.05, 4.69) is 4.74 Å². The maximum atomic E-state index is 12.5. The first-order chi connectivity index (χ1) is 12.7. The molecule has 0 aliphatic carbocycles. The van der Waals surface area contributed by atoms with Gasteiger partial charge in [0.25, 0.3) is 5.91 Å². The van der Waals surface area contributed by atoms with E-state index in [0.717, 1.165) is 0 Å². The molecule has 0 aliphatic heterocycles. The van der Waals surface area contributed by atoms with Gasteiger partial charge in [-0.15, -0.1) is 13.2 Å². The number of carbonyl (C=O) groups is 2. The van der Waals surface area contributed by atoms with Crippen LogP contribution in [0.3, 0.4) is 0 Å². The summed E-state index contributed by atoms with van der Waals surface area (Å²) in [4.78, 5) is 24.4. The highest BCUT2D eigenvalue weighted by molar-refractivity contribution is 5.92. The number of benzene rings is 2. The van der Waals surface area contributed by atoms with Crippen molar-refractivity contribution in [1.29, 1.82) is 0 Å². The molecule has 27 heavy (non-hydrogen) atoms. The maximum Gasteiger partial charge on any atom is 0.573 e. The van der Waals surface area contributed by atoms with Gasteiger partial charge in [0.05, 0.1) is 0 Å². The molecule has 2 rings (SSSR count). The molecule has 0 radical (unpaired) electrons. The first-order valence-electron chi connectivity index (χ1n) is 7.76. The molecule has 0 fully saturated rings. The summed E-state index contributed by atoms with van der Waals surface area (Å²) < 4.78 is 46.6. The second kappa shape index (κ2) is 8.43. The van der Waals surface area contributed by atoms with Crippen molar-refractivity contribution in [3.63, 3.8) is 0 Å². The Hall–Kier alpha value is -3.23. The summed E-state index contributed by atoms with van der Waals surface area (Å²) in [7, 11) is 1.44. The number of nitrogens with two attached hydrogens (primary N) is 1. The molecule has 0 aromatic heterocycles. The molecule has 0 spiro atoms. The summed E-state index contributed by atoms with van der Waals surface area (Å²) in [6, 6.07) is 11.5. The fourth-order valence-electron chi connectivity index (χ4n) is 2.17. The molecule has 0 heterocycles. The smallest absolute Gasteiger partial charge is 0.484 e. The predicted molar refractivity (Wildman–Crippen MR) is 90.1 cm³/mol. The van der Waals surface area contributed by atoms with Crippen molar-refractivity contribution >= 4 is 11.8 Å². The van der Waals surface area contributed by atoms with E-state index in [1.807, 2.05) is 0 Å². The average Bonchev–Trinajstić information content (AvgIpc) is 2.60. The number of likely N-dealkylation sites (N-methyl/N-ethyl adjacent to an activating group) is 1. The van der Waals surface area contributed by atoms with E-state index in [0.29, 0.717) is 11.3 Å². The molecule has 0 atom stereocenters. The van der Waals surface area contributed by atoms with Crippen LogP contribution in [0.4, 0.5) is 13.2 Å². The van der Waals surface area contributed by atoms with E-state index in [-0.39, 0.29) is 24.5 Å². The summed E-state index contributed by atoms with van der Waals surface area (Å²) in [6.07, 6.45) is -4.82. The average molecular weight is 382 g/mol. The van der Waals surface area contributed by atoms with Crippen molar-refractivity contribution in [2.45, 2.75) is 12.9 Å². The van der Waals surface area contributed by atoms with Crippen LogP contribution >= 0.6 is 0 Å². The van der Waals surface area contributed by atoms with Crippen LogP contribution < -0.4 is 15.2 Å². The van der Waals surface area contributed by atoms with E-state index in [1.165, 1.54) is 54.4 Å². The first kappa shape index (κ1) is 20.1. The molecule has 0 unspecified atom stereocenters. The molecule has 2 N–H and O–H groups in total. The molecular formula is C18H17F3N2O4. The summed E-state index contributed by atoms with van der Waals surface area (Å²) in [5.74, 6) is -1.05. The minimum atomic E-state index is -4.82. The van der Waals surface area contributed by atoms with Crippen LogP contribution in [-0.4, -0.2) is 36.7 Å². The molecule has 144 valence electrons. The fourth-order valence-corrected chi connectivity index (χ4v) is 2.17. The first-order valence-corrected chi connectivity index (χ1v) is 7.76. The number of amides is 2. The van der Waals surface area contributed by atoms with Gasteiger partial charge in [0.1, 0.15) is 11.5 Å². The Morgan fingerprint density at radius 1 is 1.07 bits per heavy atom. The number of rotatable bonds is 7. The molecule has 0 aliphatic rings. The lowest BCUT2D eigenvalue weighted by Crippen LogP contribution is -2.31. The van der Waals surface area contributed by atoms with E-state index < -0.39 is 18.2 Å². The molecule has 2 amide bonds. The minimum absolute atomic E-state index is 0.0882. The van der Waals surface area contributed by atoms with Crippen LogP contribution in [0.25, 0.3) is 0 Å². The number of hydrogen-bond acceptors (Lipinski definition) is 4. The number of carbonyl (C=O) groups excluding carboxylic acids is 2. The van der Waals surface area contributed by atoms with Crippen molar-refractivity contribution < 1.29 is 32.2 Å². The summed E-state index contributed by atoms with van der Waals surface area (Å²) >= 11 is 0. The minimum Gasteiger partial charge on any atom is -0.484 e. The van der Waals surface area contributed by atoms with Crippen molar-refractivity contribution in [1.82, 2.24) is 4.90 Å². The van der Waals surface area contributed by atoms with Gasteiger partial charge in [0.2, 0.25) is 5.91 Å². The molecule has 0 saturated carbocycles. The molecule has 2 aromatic carbocycles. The zero-order valence-electron chi connectivity index (χ0n) is 14.3. The standard InChI is InChI=1S/C18H17F3N2O4/c1-23(10-13-4-2-3-5-15(13)27-18(19,20)21)16(24)11-26-14-8-6-12(7-9-14)17(22)25/h2-9H,10-11H2,1H3,(H2,22,25). The molecule has 0 bridgehead atoms. The highest BCUT2D eigenvalue weighted by Gasteiger charge is 2.32. The number of hydrogen-bond donors (Lipinski definition) is 1. The third-order valence-electron chi connectivity index (χ3n) is 3.53. The van der Waals surface area contributed by atoms with Gasteiger partial charge in [-0.3, -0.25) is 9.59 Å². The predicted octanol–water partition coefficient (Wildman–Crippen LogP) is 2.72. The van der Waals surface area contributed by atoms with E-state index >= 15 is 0 Å². The SMILES string of the molecule is CN(Cc1ccccc1OC(F)(F)F)C(=O)COc1ccc(C(N)=O)cc1. The molecule has 6 nitrogen and oxygen atoms in total. The van der Waals surface area contributed by atoms with Gasteiger partial charge in [-0.05, 0) is 30.3 Å². The van der Waals surface area contributed by atoms with Gasteiger partial charge in [0, 0.05) is 24.7 Å². The van der Waals surface area contributed by atoms with Gasteiger partial charge < -0.3 is 20.1 Å². The second-order valence-corrected chi connectivity index (χ2v) is 5.58. The Kier molecular flexibility index (Phi) is 6.27. The van der Waals surface area contributed by atoms with Gasteiger partial charge in [0.15, 0.2) is 6.61 Å². The number of ether oxygens (including phenoxy) is 2. The second-order valence-electron chi connectivity index (χ2n) is 5.58. The van der Waals surface area contributed by atoms with Crippen LogP contribution in [0.1, 0.15) is 15.9 Å². The third kappa shape index (κ3) is 6.21. The number of nitrogens with zero attached hydrogens (tertiary/aromatic N) is 1. The Morgan fingerprint density at radius 2 is 1.70 bits per heavy atom. The van der Waals surface area contributed by atoms with Gasteiger partial charge in [-0.25, -0.2) is 0 Å². The van der Waals surface area contributed by atoms with Crippen molar-refractivity contribution in [3.05, 3.63) is 59.7 Å². The zero-order valence-corrected chi connectivity index (χ0v) is 14.3. The van der Waals surface area contributed by atoms with Crippen molar-refractivity contribution in [2.75, 3.05) is 13.7 Å². The largest absolute Gasteiger partial charge is 0.573 e. The summed E-state index contributed by atoms with van der Waals surface area (Å²) in [6.45, 7) is -0.413. The van der Waals surface area contributed by atoms with Gasteiger partial charge in [-0.1, -0.05) is 18.2 Å². The third-order valence-corrected chi connectivity index (χ3v) is 3.53. The highest BCUT2D eigenvalue weighted by Crippen LogP contribution is 2.27. The zero-order chi connectivity index (χ0) is 20.0. The Balaban J connectivity index is 1.95. The number of para-hydroxylation sites is 1. The maximum absolute atomic E-state index is 12.5. The normalized spacial score (nSPS) is 11.0.